The zero-order chi connectivity index (χ0) is 14.8. The van der Waals surface area contributed by atoms with Crippen molar-refractivity contribution < 1.29 is 14.3 Å². The lowest BCUT2D eigenvalue weighted by molar-refractivity contribution is -0.155. The van der Waals surface area contributed by atoms with Crippen molar-refractivity contribution in [1.82, 2.24) is 10.2 Å². The van der Waals surface area contributed by atoms with E-state index in [0.29, 0.717) is 19.1 Å². The highest BCUT2D eigenvalue weighted by atomic mass is 16.5. The first-order valence-corrected chi connectivity index (χ1v) is 7.66. The topological polar surface area (TPSA) is 50.8 Å². The van der Waals surface area contributed by atoms with Gasteiger partial charge in [0.1, 0.15) is 5.54 Å². The number of ether oxygens (including phenoxy) is 2. The van der Waals surface area contributed by atoms with E-state index in [1.807, 2.05) is 14.0 Å². The lowest BCUT2D eigenvalue weighted by Crippen LogP contribution is -2.63. The van der Waals surface area contributed by atoms with Crippen LogP contribution in [0.5, 0.6) is 0 Å². The fourth-order valence-electron chi connectivity index (χ4n) is 3.18. The molecule has 5 nitrogen and oxygen atoms in total. The summed E-state index contributed by atoms with van der Waals surface area (Å²) in [6.07, 6.45) is 2.21. The Balaban J connectivity index is 2.09. The van der Waals surface area contributed by atoms with E-state index in [1.54, 1.807) is 0 Å². The van der Waals surface area contributed by atoms with E-state index in [1.165, 1.54) is 0 Å². The largest absolute Gasteiger partial charge is 0.465 e. The van der Waals surface area contributed by atoms with Crippen molar-refractivity contribution in [3.63, 3.8) is 0 Å². The van der Waals surface area contributed by atoms with Crippen LogP contribution in [0, 0.1) is 5.92 Å². The summed E-state index contributed by atoms with van der Waals surface area (Å²) in [5, 5.41) is 3.28. The van der Waals surface area contributed by atoms with E-state index >= 15 is 0 Å². The molecule has 0 spiro atoms. The highest BCUT2D eigenvalue weighted by Crippen LogP contribution is 2.41. The van der Waals surface area contributed by atoms with Crippen molar-refractivity contribution in [2.75, 3.05) is 39.9 Å². The second kappa shape index (κ2) is 6.00. The average molecular weight is 284 g/mol. The van der Waals surface area contributed by atoms with E-state index in [9.17, 15) is 4.79 Å². The van der Waals surface area contributed by atoms with Gasteiger partial charge in [-0.3, -0.25) is 4.90 Å². The molecule has 1 N–H and O–H groups in total. The smallest absolute Gasteiger partial charge is 0.327 e. The van der Waals surface area contributed by atoms with Crippen molar-refractivity contribution in [3.8, 4) is 0 Å². The van der Waals surface area contributed by atoms with E-state index in [4.69, 9.17) is 9.47 Å². The van der Waals surface area contributed by atoms with Gasteiger partial charge in [-0.25, -0.2) is 4.79 Å². The molecule has 0 amide bonds. The lowest BCUT2D eigenvalue weighted by Gasteiger charge is -2.43. The third-order valence-electron chi connectivity index (χ3n) is 4.34. The van der Waals surface area contributed by atoms with Crippen LogP contribution in [0.15, 0.2) is 0 Å². The Morgan fingerprint density at radius 2 is 2.20 bits per heavy atom. The van der Waals surface area contributed by atoms with Crippen LogP contribution in [0.1, 0.15) is 33.6 Å². The summed E-state index contributed by atoms with van der Waals surface area (Å²) >= 11 is 0. The lowest BCUT2D eigenvalue weighted by atomic mass is 9.91. The summed E-state index contributed by atoms with van der Waals surface area (Å²) in [6.45, 7) is 9.65. The molecule has 116 valence electrons. The molecule has 5 heteroatoms. The second-order valence-electron chi connectivity index (χ2n) is 6.53. The molecule has 2 aliphatic rings. The van der Waals surface area contributed by atoms with E-state index in [0.717, 1.165) is 32.5 Å². The van der Waals surface area contributed by atoms with E-state index in [-0.39, 0.29) is 11.6 Å². The predicted octanol–water partition coefficient (Wildman–Crippen LogP) is 1.03. The molecule has 1 aliphatic carbocycles. The molecule has 2 fully saturated rings. The fraction of sp³-hybridized carbons (Fsp3) is 0.933. The average Bonchev–Trinajstić information content (AvgIpc) is 3.19. The molecule has 0 radical (unpaired) electrons. The van der Waals surface area contributed by atoms with Gasteiger partial charge in [0.15, 0.2) is 0 Å². The van der Waals surface area contributed by atoms with Gasteiger partial charge in [0.25, 0.3) is 0 Å². The first-order chi connectivity index (χ1) is 9.43. The Morgan fingerprint density at radius 1 is 1.50 bits per heavy atom. The molecular weight excluding hydrogens is 256 g/mol. The normalized spacial score (nSPS) is 26.0. The van der Waals surface area contributed by atoms with Gasteiger partial charge in [-0.15, -0.1) is 0 Å². The van der Waals surface area contributed by atoms with Crippen LogP contribution < -0.4 is 5.32 Å². The van der Waals surface area contributed by atoms with Gasteiger partial charge in [-0.2, -0.15) is 0 Å². The number of carbonyl (C=O) groups excluding carboxylic acids is 1. The molecule has 1 atom stereocenters. The van der Waals surface area contributed by atoms with Crippen molar-refractivity contribution >= 4 is 5.97 Å². The Labute approximate surface area is 122 Å². The summed E-state index contributed by atoms with van der Waals surface area (Å²) in [5.41, 5.74) is -0.695. The Hall–Kier alpha value is -0.650. The Morgan fingerprint density at radius 3 is 2.70 bits per heavy atom. The summed E-state index contributed by atoms with van der Waals surface area (Å²) < 4.78 is 11.1. The van der Waals surface area contributed by atoms with Crippen molar-refractivity contribution in [3.05, 3.63) is 0 Å². The number of likely N-dealkylation sites (N-methyl/N-ethyl adjacent to an activating group) is 1. The Bertz CT molecular complexity index is 355. The van der Waals surface area contributed by atoms with Gasteiger partial charge < -0.3 is 14.8 Å². The Kier molecular flexibility index (Phi) is 4.72. The van der Waals surface area contributed by atoms with Crippen LogP contribution in [0.4, 0.5) is 0 Å². The highest BCUT2D eigenvalue weighted by Gasteiger charge is 2.52. The number of esters is 1. The first kappa shape index (κ1) is 15.7. The van der Waals surface area contributed by atoms with Crippen molar-refractivity contribution in [1.29, 1.82) is 0 Å². The van der Waals surface area contributed by atoms with Gasteiger partial charge in [0.2, 0.25) is 0 Å². The summed E-state index contributed by atoms with van der Waals surface area (Å²) in [6, 6.07) is 0. The van der Waals surface area contributed by atoms with Crippen LogP contribution in [0.25, 0.3) is 0 Å². The number of morpholine rings is 1. The quantitative estimate of drug-likeness (QED) is 0.738. The van der Waals surface area contributed by atoms with Gasteiger partial charge in [-0.05, 0) is 46.6 Å². The molecule has 1 saturated carbocycles. The van der Waals surface area contributed by atoms with Gasteiger partial charge in [0.05, 0.1) is 18.8 Å². The molecule has 0 aromatic carbocycles. The number of hydrogen-bond donors (Lipinski definition) is 1. The maximum absolute atomic E-state index is 12.5. The van der Waals surface area contributed by atoms with Crippen LogP contribution in [-0.4, -0.2) is 61.9 Å². The number of rotatable bonds is 6. The molecule has 0 aromatic rings. The van der Waals surface area contributed by atoms with E-state index < -0.39 is 5.54 Å². The zero-order valence-electron chi connectivity index (χ0n) is 13.2. The molecule has 1 saturated heterocycles. The minimum Gasteiger partial charge on any atom is -0.465 e. The van der Waals surface area contributed by atoms with Gasteiger partial charge >= 0.3 is 5.97 Å². The first-order valence-electron chi connectivity index (χ1n) is 7.66. The molecular formula is C15H28N2O3. The number of nitrogens with zero attached hydrogens (tertiary/aromatic N) is 1. The van der Waals surface area contributed by atoms with Crippen LogP contribution in [0.3, 0.4) is 0 Å². The number of hydrogen-bond acceptors (Lipinski definition) is 5. The van der Waals surface area contributed by atoms with Gasteiger partial charge in [0, 0.05) is 19.6 Å². The maximum Gasteiger partial charge on any atom is 0.327 e. The minimum absolute atomic E-state index is 0.103. The minimum atomic E-state index is -0.552. The molecule has 2 rings (SSSR count). The maximum atomic E-state index is 12.5. The summed E-state index contributed by atoms with van der Waals surface area (Å²) in [5.74, 6) is 0.298. The monoisotopic (exact) mass is 284 g/mol. The standard InChI is InChI=1S/C15H28N2O3/c1-5-19-13(18)15(16-4,12-6-7-12)11-17-8-9-20-14(2,3)10-17/h12,16H,5-11H2,1-4H3. The molecule has 1 unspecified atom stereocenters. The number of carbonyl (C=O) groups is 1. The van der Waals surface area contributed by atoms with E-state index in [2.05, 4.69) is 24.1 Å². The van der Waals surface area contributed by atoms with Crippen LogP contribution in [-0.2, 0) is 14.3 Å². The third-order valence-corrected chi connectivity index (χ3v) is 4.34. The summed E-state index contributed by atoms with van der Waals surface area (Å²) in [4.78, 5) is 14.8. The van der Waals surface area contributed by atoms with Crippen LogP contribution in [0.2, 0.25) is 0 Å². The molecule has 1 aliphatic heterocycles. The van der Waals surface area contributed by atoms with Crippen molar-refractivity contribution in [2.24, 2.45) is 5.92 Å². The summed E-state index contributed by atoms with van der Waals surface area (Å²) in [7, 11) is 1.88. The predicted molar refractivity (Wildman–Crippen MR) is 77.6 cm³/mol. The second-order valence-corrected chi connectivity index (χ2v) is 6.53. The molecule has 0 aromatic heterocycles. The zero-order valence-corrected chi connectivity index (χ0v) is 13.2. The van der Waals surface area contributed by atoms with Crippen LogP contribution >= 0.6 is 0 Å². The molecule has 20 heavy (non-hydrogen) atoms. The molecule has 1 heterocycles. The van der Waals surface area contributed by atoms with Gasteiger partial charge in [-0.1, -0.05) is 0 Å². The molecule has 0 bridgehead atoms. The highest BCUT2D eigenvalue weighted by molar-refractivity contribution is 5.82. The number of nitrogens with one attached hydrogen (secondary N) is 1. The van der Waals surface area contributed by atoms with Crippen molar-refractivity contribution in [2.45, 2.75) is 44.8 Å². The third kappa shape index (κ3) is 3.32. The fourth-order valence-corrected chi connectivity index (χ4v) is 3.18. The SMILES string of the molecule is CCOC(=O)C(CN1CCOC(C)(C)C1)(NC)C1CC1.